The van der Waals surface area contributed by atoms with Crippen LogP contribution in [0.15, 0.2) is 58.2 Å². The lowest BCUT2D eigenvalue weighted by atomic mass is 10.1. The van der Waals surface area contributed by atoms with Gasteiger partial charge in [0.25, 0.3) is 5.22 Å². The Kier molecular flexibility index (Phi) is 6.67. The molecule has 0 aliphatic rings. The molecule has 8 heteroatoms. The van der Waals surface area contributed by atoms with Crippen LogP contribution in [-0.2, 0) is 0 Å². The second kappa shape index (κ2) is 9.38. The van der Waals surface area contributed by atoms with E-state index in [0.717, 1.165) is 11.3 Å². The molecule has 0 bridgehead atoms. The molecule has 2 aromatic carbocycles. The molecule has 1 heterocycles. The maximum atomic E-state index is 11.3. The largest absolute Gasteiger partial charge is 0.497 e. The molecule has 0 fully saturated rings. The second-order valence-electron chi connectivity index (χ2n) is 5.96. The van der Waals surface area contributed by atoms with Crippen molar-refractivity contribution < 1.29 is 23.8 Å². The Labute approximate surface area is 166 Å². The van der Waals surface area contributed by atoms with Gasteiger partial charge >= 0.3 is 0 Å². The zero-order chi connectivity index (χ0) is 19.9. The molecule has 3 aromatic rings. The number of methoxy groups -OCH3 is 1. The van der Waals surface area contributed by atoms with Crippen molar-refractivity contribution in [3.63, 3.8) is 0 Å². The molecule has 146 valence electrons. The van der Waals surface area contributed by atoms with Gasteiger partial charge in [-0.05, 0) is 55.5 Å². The number of hydrogen-bond donors (Lipinski definition) is 1. The monoisotopic (exact) mass is 400 g/mol. The summed E-state index contributed by atoms with van der Waals surface area (Å²) in [5.41, 5.74) is 1.41. The molecular weight excluding hydrogens is 380 g/mol. The van der Waals surface area contributed by atoms with Crippen LogP contribution < -0.4 is 9.47 Å². The quantitative estimate of drug-likeness (QED) is 0.431. The average molecular weight is 400 g/mol. The highest BCUT2D eigenvalue weighted by Crippen LogP contribution is 2.25. The van der Waals surface area contributed by atoms with Gasteiger partial charge < -0.3 is 19.0 Å². The molecule has 28 heavy (non-hydrogen) atoms. The van der Waals surface area contributed by atoms with Gasteiger partial charge in [0.15, 0.2) is 5.78 Å². The van der Waals surface area contributed by atoms with Crippen LogP contribution in [0.25, 0.3) is 11.5 Å². The summed E-state index contributed by atoms with van der Waals surface area (Å²) in [6, 6.07) is 14.1. The number of ether oxygens (including phenoxy) is 2. The van der Waals surface area contributed by atoms with Gasteiger partial charge in [0.1, 0.15) is 18.1 Å². The molecule has 0 aliphatic carbocycles. The van der Waals surface area contributed by atoms with Crippen molar-refractivity contribution in [2.45, 2.75) is 18.3 Å². The van der Waals surface area contributed by atoms with E-state index in [2.05, 4.69) is 10.2 Å². The minimum atomic E-state index is -0.714. The van der Waals surface area contributed by atoms with Crippen LogP contribution in [-0.4, -0.2) is 46.7 Å². The predicted octanol–water partition coefficient (Wildman–Crippen LogP) is 3.48. The Balaban J connectivity index is 1.47. The average Bonchev–Trinajstić information content (AvgIpc) is 3.20. The number of nitrogens with zero attached hydrogens (tertiary/aromatic N) is 2. The van der Waals surface area contributed by atoms with E-state index in [9.17, 15) is 9.90 Å². The van der Waals surface area contributed by atoms with E-state index in [-0.39, 0.29) is 12.4 Å². The van der Waals surface area contributed by atoms with Crippen LogP contribution in [0.3, 0.4) is 0 Å². The first-order valence-electron chi connectivity index (χ1n) is 8.57. The number of ketones is 1. The predicted molar refractivity (Wildman–Crippen MR) is 105 cm³/mol. The molecule has 0 radical (unpaired) electrons. The summed E-state index contributed by atoms with van der Waals surface area (Å²) in [4.78, 5) is 11.3. The number of aliphatic hydroxyl groups excluding tert-OH is 1. The minimum Gasteiger partial charge on any atom is -0.497 e. The van der Waals surface area contributed by atoms with Gasteiger partial charge in [0.2, 0.25) is 5.89 Å². The lowest BCUT2D eigenvalue weighted by Gasteiger charge is -2.11. The Morgan fingerprint density at radius 3 is 2.43 bits per heavy atom. The van der Waals surface area contributed by atoms with E-state index < -0.39 is 6.10 Å². The highest BCUT2D eigenvalue weighted by Gasteiger charge is 2.13. The molecule has 0 amide bonds. The smallest absolute Gasteiger partial charge is 0.276 e. The molecule has 0 unspecified atom stereocenters. The number of thioether (sulfide) groups is 1. The highest BCUT2D eigenvalue weighted by molar-refractivity contribution is 7.99. The third-order valence-corrected chi connectivity index (χ3v) is 4.81. The van der Waals surface area contributed by atoms with Gasteiger partial charge in [-0.2, -0.15) is 0 Å². The maximum absolute atomic E-state index is 11.3. The normalized spacial score (nSPS) is 11.8. The minimum absolute atomic E-state index is 0.00319. The summed E-state index contributed by atoms with van der Waals surface area (Å²) >= 11 is 1.25. The van der Waals surface area contributed by atoms with Crippen molar-refractivity contribution in [1.29, 1.82) is 0 Å². The molecule has 0 spiro atoms. The maximum Gasteiger partial charge on any atom is 0.276 e. The lowest BCUT2D eigenvalue weighted by molar-refractivity contribution is 0.101. The lowest BCUT2D eigenvalue weighted by Crippen LogP contribution is -2.20. The van der Waals surface area contributed by atoms with Crippen LogP contribution >= 0.6 is 11.8 Å². The van der Waals surface area contributed by atoms with Gasteiger partial charge in [-0.15, -0.1) is 10.2 Å². The van der Waals surface area contributed by atoms with E-state index in [1.165, 1.54) is 18.7 Å². The van der Waals surface area contributed by atoms with E-state index >= 15 is 0 Å². The Morgan fingerprint density at radius 1 is 1.11 bits per heavy atom. The van der Waals surface area contributed by atoms with Crippen LogP contribution in [0.2, 0.25) is 0 Å². The van der Waals surface area contributed by atoms with E-state index in [1.807, 2.05) is 24.3 Å². The summed E-state index contributed by atoms with van der Waals surface area (Å²) in [6.45, 7) is 1.63. The first-order valence-corrected chi connectivity index (χ1v) is 9.56. The van der Waals surface area contributed by atoms with E-state index in [0.29, 0.717) is 28.2 Å². The fourth-order valence-corrected chi connectivity index (χ4v) is 2.98. The standard InChI is InChI=1S/C20H20N2O5S/c1-13(23)14-3-9-18(10-4-14)26-11-16(24)12-28-20-22-21-19(27-20)15-5-7-17(25-2)8-6-15/h3-10,16,24H,11-12H2,1-2H3/t16-/m1/s1. The Hall–Kier alpha value is -2.84. The van der Waals surface area contributed by atoms with Gasteiger partial charge in [0, 0.05) is 16.9 Å². The van der Waals surface area contributed by atoms with E-state index in [4.69, 9.17) is 13.9 Å². The van der Waals surface area contributed by atoms with Gasteiger partial charge in [-0.25, -0.2) is 0 Å². The molecule has 0 aliphatic heterocycles. The van der Waals surface area contributed by atoms with Gasteiger partial charge in [-0.3, -0.25) is 4.79 Å². The number of Topliss-reactive ketones (excluding diaryl/α,β-unsaturated/α-hetero) is 1. The molecule has 1 atom stereocenters. The number of carbonyl (C=O) groups is 1. The third kappa shape index (κ3) is 5.34. The first-order chi connectivity index (χ1) is 13.5. The molecule has 7 nitrogen and oxygen atoms in total. The number of hydrogen-bond acceptors (Lipinski definition) is 8. The number of benzene rings is 2. The third-order valence-electron chi connectivity index (χ3n) is 3.85. The summed E-state index contributed by atoms with van der Waals surface area (Å²) in [5.74, 6) is 2.08. The van der Waals surface area contributed by atoms with Crippen molar-refractivity contribution >= 4 is 17.5 Å². The fourth-order valence-electron chi connectivity index (χ4n) is 2.31. The van der Waals surface area contributed by atoms with Crippen molar-refractivity contribution in [1.82, 2.24) is 10.2 Å². The van der Waals surface area contributed by atoms with Crippen LogP contribution in [0, 0.1) is 0 Å². The first kappa shape index (κ1) is 19.9. The zero-order valence-corrected chi connectivity index (χ0v) is 16.3. The SMILES string of the molecule is COc1ccc(-c2nnc(SC[C@H](O)COc3ccc(C(C)=O)cc3)o2)cc1. The Morgan fingerprint density at radius 2 is 1.79 bits per heavy atom. The van der Waals surface area contributed by atoms with Crippen molar-refractivity contribution in [3.05, 3.63) is 54.1 Å². The summed E-state index contributed by atoms with van der Waals surface area (Å²) < 4.78 is 16.3. The number of rotatable bonds is 9. The topological polar surface area (TPSA) is 94.7 Å². The molecule has 0 saturated heterocycles. The highest BCUT2D eigenvalue weighted by atomic mass is 32.2. The molecule has 0 saturated carbocycles. The van der Waals surface area contributed by atoms with Crippen LogP contribution in [0.5, 0.6) is 11.5 Å². The van der Waals surface area contributed by atoms with Gasteiger partial charge in [-0.1, -0.05) is 11.8 Å². The summed E-state index contributed by atoms with van der Waals surface area (Å²) in [7, 11) is 1.60. The number of carbonyl (C=O) groups excluding carboxylic acids is 1. The molecule has 1 N–H and O–H groups in total. The molecular formula is C20H20N2O5S. The Bertz CT molecular complexity index is 909. The molecule has 1 aromatic heterocycles. The number of aliphatic hydroxyl groups is 1. The second-order valence-corrected chi connectivity index (χ2v) is 6.93. The molecule has 3 rings (SSSR count). The van der Waals surface area contributed by atoms with Crippen molar-refractivity contribution in [3.8, 4) is 23.0 Å². The van der Waals surface area contributed by atoms with Crippen molar-refractivity contribution in [2.75, 3.05) is 19.5 Å². The van der Waals surface area contributed by atoms with Crippen molar-refractivity contribution in [2.24, 2.45) is 0 Å². The summed E-state index contributed by atoms with van der Waals surface area (Å²) in [6.07, 6.45) is -0.714. The number of aromatic nitrogens is 2. The van der Waals surface area contributed by atoms with Crippen LogP contribution in [0.4, 0.5) is 0 Å². The van der Waals surface area contributed by atoms with Gasteiger partial charge in [0.05, 0.1) is 13.2 Å². The van der Waals surface area contributed by atoms with E-state index in [1.54, 1.807) is 31.4 Å². The van der Waals surface area contributed by atoms with Crippen LogP contribution in [0.1, 0.15) is 17.3 Å². The zero-order valence-electron chi connectivity index (χ0n) is 15.5. The fraction of sp³-hybridized carbons (Fsp3) is 0.250. The summed E-state index contributed by atoms with van der Waals surface area (Å²) in [5, 5.41) is 18.5.